The molecule has 2 aliphatic rings. The first-order chi connectivity index (χ1) is 10.8. The molecule has 2 N–H and O–H groups in total. The molecule has 132 valence electrons. The Kier molecular flexibility index (Phi) is 6.70. The van der Waals surface area contributed by atoms with E-state index in [2.05, 4.69) is 0 Å². The van der Waals surface area contributed by atoms with E-state index in [0.717, 1.165) is 4.90 Å². The number of likely N-dealkylation sites (tertiary alicyclic amines) is 1. The van der Waals surface area contributed by atoms with Crippen LogP contribution in [0.25, 0.3) is 0 Å². The molecule has 0 spiro atoms. The maximum Gasteiger partial charge on any atom is 0.326 e. The molecule has 1 amide bonds. The minimum Gasteiger partial charge on any atom is -0.480 e. The van der Waals surface area contributed by atoms with E-state index < -0.39 is 41.5 Å². The van der Waals surface area contributed by atoms with E-state index in [1.807, 2.05) is 13.8 Å². The van der Waals surface area contributed by atoms with E-state index in [1.165, 1.54) is 0 Å². The van der Waals surface area contributed by atoms with Crippen molar-refractivity contribution in [3.8, 4) is 0 Å². The second-order valence-corrected chi connectivity index (χ2v) is 5.91. The molecule has 23 heavy (non-hydrogen) atoms. The van der Waals surface area contributed by atoms with E-state index in [4.69, 9.17) is 9.84 Å². The van der Waals surface area contributed by atoms with E-state index >= 15 is 0 Å². The second kappa shape index (κ2) is 7.88. The van der Waals surface area contributed by atoms with Gasteiger partial charge in [-0.2, -0.15) is 0 Å². The van der Waals surface area contributed by atoms with E-state index in [9.17, 15) is 19.5 Å². The summed E-state index contributed by atoms with van der Waals surface area (Å²) in [4.78, 5) is 37.1. The molecule has 0 aromatic rings. The predicted molar refractivity (Wildman–Crippen MR) is 82.6 cm³/mol. The number of hydrogen-bond donors (Lipinski definition) is 2. The first-order valence-corrected chi connectivity index (χ1v) is 8.25. The standard InChI is InChI=1S/C14H21NO6.C2H6/c1-8-5-6-9(2)21-14(20,11(8)16)13(19)15-7-3-4-10(15)12(17)18;1-2/h8-10,20H,3-7H2,1-2H3,(H,17,18);1-2H3. The van der Waals surface area contributed by atoms with Crippen LogP contribution >= 0.6 is 0 Å². The number of carboxylic acids is 1. The summed E-state index contributed by atoms with van der Waals surface area (Å²) < 4.78 is 5.31. The highest BCUT2D eigenvalue weighted by Crippen LogP contribution is 2.30. The van der Waals surface area contributed by atoms with Gasteiger partial charge in [0, 0.05) is 12.5 Å². The van der Waals surface area contributed by atoms with Crippen molar-refractivity contribution in [2.75, 3.05) is 6.54 Å². The lowest BCUT2D eigenvalue weighted by Gasteiger charge is -2.32. The van der Waals surface area contributed by atoms with Crippen molar-refractivity contribution in [2.45, 2.75) is 71.3 Å². The number of hydrogen-bond acceptors (Lipinski definition) is 5. The highest BCUT2D eigenvalue weighted by Gasteiger charge is 2.54. The van der Waals surface area contributed by atoms with Crippen molar-refractivity contribution in [3.63, 3.8) is 0 Å². The van der Waals surface area contributed by atoms with Gasteiger partial charge in [-0.05, 0) is 32.6 Å². The number of carbonyl (C=O) groups is 3. The number of aliphatic carboxylic acids is 1. The molecule has 2 fully saturated rings. The quantitative estimate of drug-likeness (QED) is 0.737. The molecule has 0 saturated carbocycles. The molecule has 0 radical (unpaired) electrons. The molecular weight excluding hydrogens is 302 g/mol. The van der Waals surface area contributed by atoms with Gasteiger partial charge < -0.3 is 19.8 Å². The van der Waals surface area contributed by atoms with Crippen LogP contribution in [-0.2, 0) is 19.1 Å². The smallest absolute Gasteiger partial charge is 0.326 e. The second-order valence-electron chi connectivity index (χ2n) is 5.91. The minimum atomic E-state index is -2.56. The zero-order valence-electron chi connectivity index (χ0n) is 14.2. The number of carbonyl (C=O) groups excluding carboxylic acids is 2. The number of aliphatic hydroxyl groups is 1. The lowest BCUT2D eigenvalue weighted by molar-refractivity contribution is -0.225. The van der Waals surface area contributed by atoms with Gasteiger partial charge in [0.1, 0.15) is 6.04 Å². The Bertz CT molecular complexity index is 465. The summed E-state index contributed by atoms with van der Waals surface area (Å²) in [5.74, 6) is -5.83. The largest absolute Gasteiger partial charge is 0.480 e. The molecule has 0 aromatic carbocycles. The molecule has 2 rings (SSSR count). The highest BCUT2D eigenvalue weighted by atomic mass is 16.6. The lowest BCUT2D eigenvalue weighted by Crippen LogP contribution is -2.59. The van der Waals surface area contributed by atoms with E-state index in [0.29, 0.717) is 25.7 Å². The molecule has 4 atom stereocenters. The van der Waals surface area contributed by atoms with Crippen molar-refractivity contribution in [2.24, 2.45) is 5.92 Å². The summed E-state index contributed by atoms with van der Waals surface area (Å²) in [6.07, 6.45) is 1.48. The van der Waals surface area contributed by atoms with Gasteiger partial charge >= 0.3 is 11.8 Å². The van der Waals surface area contributed by atoms with Crippen LogP contribution in [0.15, 0.2) is 0 Å². The van der Waals surface area contributed by atoms with Crippen LogP contribution in [0.5, 0.6) is 0 Å². The third kappa shape index (κ3) is 3.90. The average molecular weight is 329 g/mol. The van der Waals surface area contributed by atoms with Crippen molar-refractivity contribution < 1.29 is 29.3 Å². The van der Waals surface area contributed by atoms with Gasteiger partial charge in [-0.15, -0.1) is 0 Å². The van der Waals surface area contributed by atoms with Crippen molar-refractivity contribution in [1.82, 2.24) is 4.90 Å². The van der Waals surface area contributed by atoms with Crippen LogP contribution in [0, 0.1) is 5.92 Å². The SMILES string of the molecule is CC.CC1CCC(C)C(=O)C(O)(C(=O)N2CCCC2C(=O)O)O1. The summed E-state index contributed by atoms with van der Waals surface area (Å²) in [7, 11) is 0. The summed E-state index contributed by atoms with van der Waals surface area (Å²) in [5, 5.41) is 19.7. The normalized spacial score (nSPS) is 34.4. The Morgan fingerprint density at radius 2 is 1.83 bits per heavy atom. The maximum atomic E-state index is 12.6. The minimum absolute atomic E-state index is 0.206. The fourth-order valence-corrected chi connectivity index (χ4v) is 2.97. The number of amides is 1. The van der Waals surface area contributed by atoms with Gasteiger partial charge in [0.2, 0.25) is 5.78 Å². The number of Topliss-reactive ketones (excluding diaryl/α,β-unsaturated/α-hetero) is 1. The van der Waals surface area contributed by atoms with Crippen LogP contribution < -0.4 is 0 Å². The molecule has 2 saturated heterocycles. The Labute approximate surface area is 136 Å². The fraction of sp³-hybridized carbons (Fsp3) is 0.812. The fourth-order valence-electron chi connectivity index (χ4n) is 2.97. The number of rotatable bonds is 2. The maximum absolute atomic E-state index is 12.6. The molecule has 0 aliphatic carbocycles. The summed E-state index contributed by atoms with van der Waals surface area (Å²) in [6, 6.07) is -1.01. The van der Waals surface area contributed by atoms with Crippen molar-refractivity contribution in [3.05, 3.63) is 0 Å². The highest BCUT2D eigenvalue weighted by molar-refractivity contribution is 6.09. The molecule has 0 aromatic heterocycles. The molecule has 2 heterocycles. The molecule has 0 bridgehead atoms. The van der Waals surface area contributed by atoms with Gasteiger partial charge in [-0.3, -0.25) is 9.59 Å². The summed E-state index contributed by atoms with van der Waals surface area (Å²) in [5.41, 5.74) is 0. The van der Waals surface area contributed by atoms with Crippen molar-refractivity contribution >= 4 is 17.7 Å². The van der Waals surface area contributed by atoms with Crippen LogP contribution in [0.3, 0.4) is 0 Å². The zero-order valence-corrected chi connectivity index (χ0v) is 14.2. The topological polar surface area (TPSA) is 104 Å². The molecular formula is C16H27NO6. The summed E-state index contributed by atoms with van der Waals surface area (Å²) >= 11 is 0. The van der Waals surface area contributed by atoms with Crippen LogP contribution in [0.1, 0.15) is 53.4 Å². The Hall–Kier alpha value is -1.47. The third-order valence-corrected chi connectivity index (χ3v) is 4.25. The van der Waals surface area contributed by atoms with Crippen LogP contribution in [0.2, 0.25) is 0 Å². The van der Waals surface area contributed by atoms with Crippen LogP contribution in [-0.4, -0.2) is 57.3 Å². The van der Waals surface area contributed by atoms with Gasteiger partial charge in [0.05, 0.1) is 6.10 Å². The van der Waals surface area contributed by atoms with Crippen LogP contribution in [0.4, 0.5) is 0 Å². The first kappa shape index (κ1) is 19.6. The lowest BCUT2D eigenvalue weighted by atomic mass is 9.94. The molecule has 2 aliphatic heterocycles. The summed E-state index contributed by atoms with van der Waals surface area (Å²) in [6.45, 7) is 7.53. The zero-order chi connectivity index (χ0) is 17.8. The van der Waals surface area contributed by atoms with E-state index in [-0.39, 0.29) is 6.54 Å². The average Bonchev–Trinajstić information content (AvgIpc) is 2.99. The number of carboxylic acid groups (broad SMARTS) is 1. The van der Waals surface area contributed by atoms with Gasteiger partial charge in [-0.25, -0.2) is 4.79 Å². The van der Waals surface area contributed by atoms with Crippen molar-refractivity contribution in [1.29, 1.82) is 0 Å². The first-order valence-electron chi connectivity index (χ1n) is 8.25. The van der Waals surface area contributed by atoms with E-state index in [1.54, 1.807) is 13.8 Å². The van der Waals surface area contributed by atoms with Gasteiger partial charge in [0.15, 0.2) is 0 Å². The Morgan fingerprint density at radius 1 is 1.22 bits per heavy atom. The number of ketones is 1. The number of nitrogens with zero attached hydrogens (tertiary/aromatic N) is 1. The predicted octanol–water partition coefficient (Wildman–Crippen LogP) is 1.18. The Balaban J connectivity index is 0.00000127. The third-order valence-electron chi connectivity index (χ3n) is 4.25. The van der Waals surface area contributed by atoms with Gasteiger partial charge in [0.25, 0.3) is 5.91 Å². The monoisotopic (exact) mass is 329 g/mol. The number of ether oxygens (including phenoxy) is 1. The molecule has 4 unspecified atom stereocenters. The van der Waals surface area contributed by atoms with Gasteiger partial charge in [-0.1, -0.05) is 20.8 Å². The molecule has 7 nitrogen and oxygen atoms in total. The molecule has 7 heteroatoms. The Morgan fingerprint density at radius 3 is 2.39 bits per heavy atom.